The Morgan fingerprint density at radius 2 is 2.00 bits per heavy atom. The molecular weight excluding hydrogens is 198 g/mol. The van der Waals surface area contributed by atoms with Crippen LogP contribution in [0.15, 0.2) is 18.2 Å². The van der Waals surface area contributed by atoms with Gasteiger partial charge in [0.1, 0.15) is 5.82 Å². The Balaban J connectivity index is 3.27. The zero-order valence-corrected chi connectivity index (χ0v) is 7.96. The maximum Gasteiger partial charge on any atom is 0.149 e. The summed E-state index contributed by atoms with van der Waals surface area (Å²) < 4.78 is 13.1. The molecule has 0 unspecified atom stereocenters. The van der Waals surface area contributed by atoms with E-state index in [0.29, 0.717) is 10.6 Å². The van der Waals surface area contributed by atoms with Crippen molar-refractivity contribution in [2.75, 3.05) is 0 Å². The van der Waals surface area contributed by atoms with Crippen molar-refractivity contribution in [3.05, 3.63) is 39.6 Å². The lowest BCUT2D eigenvalue weighted by Gasteiger charge is -1.99. The van der Waals surface area contributed by atoms with E-state index in [1.54, 1.807) is 19.1 Å². The molecule has 3 heteroatoms. The highest BCUT2D eigenvalue weighted by Gasteiger charge is 2.05. The van der Waals surface area contributed by atoms with Gasteiger partial charge in [-0.1, -0.05) is 35.4 Å². The van der Waals surface area contributed by atoms with Crippen molar-refractivity contribution >= 4 is 29.3 Å². The van der Waals surface area contributed by atoms with Gasteiger partial charge in [0.2, 0.25) is 0 Å². The maximum atomic E-state index is 13.1. The van der Waals surface area contributed by atoms with Crippen LogP contribution < -0.4 is 0 Å². The standard InChI is InChI=1S/C9H7Cl2F/c1-2-3-6-4-7(10)5-8(11)9(6)12/h2-5H,1H3. The fraction of sp³-hybridized carbons (Fsp3) is 0.111. The summed E-state index contributed by atoms with van der Waals surface area (Å²) >= 11 is 11.2. The minimum Gasteiger partial charge on any atom is -0.205 e. The Morgan fingerprint density at radius 3 is 2.58 bits per heavy atom. The SMILES string of the molecule is CC=Cc1cc(Cl)cc(Cl)c1F. The third-order valence-corrected chi connectivity index (χ3v) is 1.86. The van der Waals surface area contributed by atoms with Gasteiger partial charge in [0.15, 0.2) is 0 Å². The summed E-state index contributed by atoms with van der Waals surface area (Å²) in [4.78, 5) is 0. The van der Waals surface area contributed by atoms with Gasteiger partial charge in [0, 0.05) is 10.6 Å². The van der Waals surface area contributed by atoms with Crippen molar-refractivity contribution in [3.63, 3.8) is 0 Å². The van der Waals surface area contributed by atoms with E-state index in [-0.39, 0.29) is 5.02 Å². The van der Waals surface area contributed by atoms with Gasteiger partial charge in [-0.05, 0) is 19.1 Å². The summed E-state index contributed by atoms with van der Waals surface area (Å²) in [5.41, 5.74) is 0.412. The van der Waals surface area contributed by atoms with Gasteiger partial charge in [0.25, 0.3) is 0 Å². The van der Waals surface area contributed by atoms with Crippen molar-refractivity contribution in [1.29, 1.82) is 0 Å². The van der Waals surface area contributed by atoms with Crippen molar-refractivity contribution < 1.29 is 4.39 Å². The van der Waals surface area contributed by atoms with Gasteiger partial charge in [-0.3, -0.25) is 0 Å². The Bertz CT molecular complexity index is 319. The van der Waals surface area contributed by atoms with E-state index in [0.717, 1.165) is 0 Å². The second-order valence-corrected chi connectivity index (χ2v) is 3.13. The van der Waals surface area contributed by atoms with E-state index in [4.69, 9.17) is 23.2 Å². The average Bonchev–Trinajstić information content (AvgIpc) is 2.00. The lowest BCUT2D eigenvalue weighted by molar-refractivity contribution is 0.625. The monoisotopic (exact) mass is 204 g/mol. The molecule has 1 rings (SSSR count). The van der Waals surface area contributed by atoms with Crippen molar-refractivity contribution in [1.82, 2.24) is 0 Å². The first-order chi connectivity index (χ1) is 5.65. The first-order valence-electron chi connectivity index (χ1n) is 3.42. The Hall–Kier alpha value is -0.530. The fourth-order valence-corrected chi connectivity index (χ4v) is 1.39. The van der Waals surface area contributed by atoms with E-state index < -0.39 is 5.82 Å². The van der Waals surface area contributed by atoms with Crippen LogP contribution >= 0.6 is 23.2 Å². The summed E-state index contributed by atoms with van der Waals surface area (Å²) in [6.07, 6.45) is 3.35. The van der Waals surface area contributed by atoms with Crippen LogP contribution in [0.3, 0.4) is 0 Å². The molecule has 0 nitrogen and oxygen atoms in total. The highest BCUT2D eigenvalue weighted by Crippen LogP contribution is 2.24. The average molecular weight is 205 g/mol. The lowest BCUT2D eigenvalue weighted by atomic mass is 10.2. The highest BCUT2D eigenvalue weighted by molar-refractivity contribution is 6.34. The summed E-state index contributed by atoms with van der Waals surface area (Å²) in [6.45, 7) is 1.80. The molecule has 0 bridgehead atoms. The van der Waals surface area contributed by atoms with Crippen LogP contribution in [0.1, 0.15) is 12.5 Å². The lowest BCUT2D eigenvalue weighted by Crippen LogP contribution is -1.83. The van der Waals surface area contributed by atoms with E-state index >= 15 is 0 Å². The molecule has 0 N–H and O–H groups in total. The summed E-state index contributed by atoms with van der Waals surface area (Å²) in [7, 11) is 0. The minimum absolute atomic E-state index is 0.0515. The van der Waals surface area contributed by atoms with Crippen LogP contribution in [0.2, 0.25) is 10.0 Å². The molecule has 0 aliphatic rings. The fourth-order valence-electron chi connectivity index (χ4n) is 0.877. The van der Waals surface area contributed by atoms with Gasteiger partial charge < -0.3 is 0 Å². The Kier molecular flexibility index (Phi) is 3.12. The number of hydrogen-bond donors (Lipinski definition) is 0. The predicted octanol–water partition coefficient (Wildman–Crippen LogP) is 4.17. The number of hydrogen-bond acceptors (Lipinski definition) is 0. The zero-order chi connectivity index (χ0) is 9.14. The molecule has 12 heavy (non-hydrogen) atoms. The summed E-state index contributed by atoms with van der Waals surface area (Å²) in [5.74, 6) is -0.431. The smallest absolute Gasteiger partial charge is 0.149 e. The Morgan fingerprint density at radius 1 is 1.33 bits per heavy atom. The molecular formula is C9H7Cl2F. The predicted molar refractivity (Wildman–Crippen MR) is 51.1 cm³/mol. The van der Waals surface area contributed by atoms with Crippen LogP contribution in [0.5, 0.6) is 0 Å². The van der Waals surface area contributed by atoms with E-state index in [1.807, 2.05) is 0 Å². The third-order valence-electron chi connectivity index (χ3n) is 1.37. The molecule has 0 heterocycles. The number of benzene rings is 1. The molecule has 0 amide bonds. The highest BCUT2D eigenvalue weighted by atomic mass is 35.5. The second-order valence-electron chi connectivity index (χ2n) is 2.29. The number of rotatable bonds is 1. The van der Waals surface area contributed by atoms with Crippen LogP contribution in [0, 0.1) is 5.82 Å². The van der Waals surface area contributed by atoms with Crippen molar-refractivity contribution in [3.8, 4) is 0 Å². The zero-order valence-electron chi connectivity index (χ0n) is 6.44. The van der Waals surface area contributed by atoms with Crippen molar-refractivity contribution in [2.24, 2.45) is 0 Å². The molecule has 0 saturated carbocycles. The second kappa shape index (κ2) is 3.92. The summed E-state index contributed by atoms with van der Waals surface area (Å²) in [5, 5.41) is 0.491. The Labute approximate surface area is 80.6 Å². The van der Waals surface area contributed by atoms with Crippen LogP contribution in [-0.4, -0.2) is 0 Å². The van der Waals surface area contributed by atoms with Crippen molar-refractivity contribution in [2.45, 2.75) is 6.92 Å². The van der Waals surface area contributed by atoms with Gasteiger partial charge >= 0.3 is 0 Å². The van der Waals surface area contributed by atoms with Gasteiger partial charge in [0.05, 0.1) is 5.02 Å². The van der Waals surface area contributed by atoms with Gasteiger partial charge in [-0.15, -0.1) is 0 Å². The molecule has 0 spiro atoms. The molecule has 0 fully saturated rings. The molecule has 1 aromatic carbocycles. The van der Waals surface area contributed by atoms with Crippen LogP contribution in [0.4, 0.5) is 4.39 Å². The molecule has 0 aliphatic carbocycles. The first-order valence-corrected chi connectivity index (χ1v) is 4.18. The molecule has 64 valence electrons. The molecule has 0 aromatic heterocycles. The number of halogens is 3. The molecule has 1 aromatic rings. The van der Waals surface area contributed by atoms with E-state index in [1.165, 1.54) is 12.1 Å². The van der Waals surface area contributed by atoms with Gasteiger partial charge in [-0.25, -0.2) is 4.39 Å². The topological polar surface area (TPSA) is 0 Å². The quantitative estimate of drug-likeness (QED) is 0.603. The maximum absolute atomic E-state index is 13.1. The number of allylic oxidation sites excluding steroid dienone is 1. The van der Waals surface area contributed by atoms with E-state index in [2.05, 4.69) is 0 Å². The molecule has 0 aliphatic heterocycles. The van der Waals surface area contributed by atoms with Gasteiger partial charge in [-0.2, -0.15) is 0 Å². The van der Waals surface area contributed by atoms with Crippen LogP contribution in [-0.2, 0) is 0 Å². The normalized spacial score (nSPS) is 11.0. The third kappa shape index (κ3) is 1.99. The molecule has 0 atom stereocenters. The molecule has 0 saturated heterocycles. The van der Waals surface area contributed by atoms with Crippen LogP contribution in [0.25, 0.3) is 6.08 Å². The summed E-state index contributed by atoms with van der Waals surface area (Å²) in [6, 6.07) is 2.91. The first kappa shape index (κ1) is 9.56. The largest absolute Gasteiger partial charge is 0.205 e. The molecule has 0 radical (unpaired) electrons. The minimum atomic E-state index is -0.431. The van der Waals surface area contributed by atoms with E-state index in [9.17, 15) is 4.39 Å².